The SMILES string of the molecule is CC(=Cc1ccccc1)CN1CCC(C(=O)O)(n2ccnc2)CC1. The summed E-state index contributed by atoms with van der Waals surface area (Å²) in [6.07, 6.45) is 8.39. The average Bonchev–Trinajstić information content (AvgIpc) is 3.11. The van der Waals surface area contributed by atoms with E-state index in [0.717, 1.165) is 19.6 Å². The van der Waals surface area contributed by atoms with Crippen LogP contribution in [0.15, 0.2) is 54.6 Å². The number of carbonyl (C=O) groups is 1. The molecule has 5 heteroatoms. The summed E-state index contributed by atoms with van der Waals surface area (Å²) >= 11 is 0. The number of likely N-dealkylation sites (tertiary alicyclic amines) is 1. The largest absolute Gasteiger partial charge is 0.479 e. The number of hydrogen-bond acceptors (Lipinski definition) is 3. The lowest BCUT2D eigenvalue weighted by Gasteiger charge is -2.39. The van der Waals surface area contributed by atoms with Crippen LogP contribution in [0.2, 0.25) is 0 Å². The third-order valence-corrected chi connectivity index (χ3v) is 4.77. The molecule has 24 heavy (non-hydrogen) atoms. The zero-order valence-electron chi connectivity index (χ0n) is 13.9. The van der Waals surface area contributed by atoms with E-state index in [1.807, 2.05) is 18.2 Å². The number of imidazole rings is 1. The van der Waals surface area contributed by atoms with Crippen LogP contribution in [0.4, 0.5) is 0 Å². The fraction of sp³-hybridized carbons (Fsp3) is 0.368. The number of aliphatic carboxylic acids is 1. The second kappa shape index (κ2) is 7.01. The van der Waals surface area contributed by atoms with E-state index in [9.17, 15) is 9.90 Å². The normalized spacial score (nSPS) is 18.5. The Bertz CT molecular complexity index is 699. The summed E-state index contributed by atoms with van der Waals surface area (Å²) in [5.74, 6) is -0.767. The standard InChI is InChI=1S/C19H23N3O2/c1-16(13-17-5-3-2-4-6-17)14-21-10-7-19(8-11-21,18(23)24)22-12-9-20-15-22/h2-6,9,12-13,15H,7-8,10-11,14H2,1H3,(H,23,24). The van der Waals surface area contributed by atoms with Gasteiger partial charge in [0.15, 0.2) is 0 Å². The number of rotatable bonds is 5. The first-order valence-corrected chi connectivity index (χ1v) is 8.26. The Morgan fingerprint density at radius 3 is 2.58 bits per heavy atom. The van der Waals surface area contributed by atoms with Crippen molar-refractivity contribution in [2.75, 3.05) is 19.6 Å². The molecule has 1 aliphatic rings. The molecular weight excluding hydrogens is 302 g/mol. The summed E-state index contributed by atoms with van der Waals surface area (Å²) in [6, 6.07) is 10.3. The van der Waals surface area contributed by atoms with E-state index in [1.54, 1.807) is 23.3 Å². The smallest absolute Gasteiger partial charge is 0.330 e. The highest BCUT2D eigenvalue weighted by molar-refractivity contribution is 5.77. The maximum absolute atomic E-state index is 11.9. The van der Waals surface area contributed by atoms with Crippen molar-refractivity contribution in [3.8, 4) is 0 Å². The molecule has 0 amide bonds. The Balaban J connectivity index is 1.64. The Labute approximate surface area is 142 Å². The molecule has 1 aliphatic heterocycles. The maximum Gasteiger partial charge on any atom is 0.330 e. The van der Waals surface area contributed by atoms with Gasteiger partial charge in [-0.3, -0.25) is 4.90 Å². The molecule has 3 rings (SSSR count). The van der Waals surface area contributed by atoms with Gasteiger partial charge in [0.05, 0.1) is 6.33 Å². The van der Waals surface area contributed by atoms with Crippen LogP contribution in [-0.2, 0) is 10.3 Å². The molecule has 1 aromatic heterocycles. The zero-order chi connectivity index (χ0) is 17.0. The molecule has 0 unspecified atom stereocenters. The molecule has 2 heterocycles. The van der Waals surface area contributed by atoms with Crippen LogP contribution in [0.1, 0.15) is 25.3 Å². The molecule has 0 spiro atoms. The van der Waals surface area contributed by atoms with Gasteiger partial charge in [0.25, 0.3) is 0 Å². The topological polar surface area (TPSA) is 58.4 Å². The van der Waals surface area contributed by atoms with E-state index in [0.29, 0.717) is 12.8 Å². The van der Waals surface area contributed by atoms with E-state index >= 15 is 0 Å². The van der Waals surface area contributed by atoms with Crippen molar-refractivity contribution in [2.45, 2.75) is 25.3 Å². The Kier molecular flexibility index (Phi) is 4.81. The molecule has 2 aromatic rings. The van der Waals surface area contributed by atoms with Crippen molar-refractivity contribution in [1.82, 2.24) is 14.5 Å². The van der Waals surface area contributed by atoms with Crippen LogP contribution < -0.4 is 0 Å². The number of carboxylic acids is 1. The fourth-order valence-electron chi connectivity index (χ4n) is 3.41. The average molecular weight is 325 g/mol. The molecule has 1 saturated heterocycles. The second-order valence-corrected chi connectivity index (χ2v) is 6.48. The van der Waals surface area contributed by atoms with Crippen LogP contribution in [0.5, 0.6) is 0 Å². The van der Waals surface area contributed by atoms with Gasteiger partial charge in [-0.1, -0.05) is 42.0 Å². The molecule has 0 aliphatic carbocycles. The van der Waals surface area contributed by atoms with Crippen molar-refractivity contribution in [2.24, 2.45) is 0 Å². The van der Waals surface area contributed by atoms with Gasteiger partial charge in [-0.05, 0) is 25.3 Å². The minimum atomic E-state index is -0.857. The molecule has 1 fully saturated rings. The van der Waals surface area contributed by atoms with Gasteiger partial charge in [-0.25, -0.2) is 9.78 Å². The minimum absolute atomic E-state index is 0.595. The fourth-order valence-corrected chi connectivity index (χ4v) is 3.41. The quantitative estimate of drug-likeness (QED) is 0.918. The Morgan fingerprint density at radius 2 is 2.00 bits per heavy atom. The summed E-state index contributed by atoms with van der Waals surface area (Å²) in [5.41, 5.74) is 1.63. The number of benzene rings is 1. The number of aromatic nitrogens is 2. The van der Waals surface area contributed by atoms with Crippen molar-refractivity contribution >= 4 is 12.0 Å². The van der Waals surface area contributed by atoms with Crippen molar-refractivity contribution in [3.05, 3.63) is 60.2 Å². The summed E-state index contributed by atoms with van der Waals surface area (Å²) in [5, 5.41) is 9.75. The first kappa shape index (κ1) is 16.5. The minimum Gasteiger partial charge on any atom is -0.479 e. The molecule has 0 radical (unpaired) electrons. The zero-order valence-corrected chi connectivity index (χ0v) is 13.9. The van der Waals surface area contributed by atoms with Gasteiger partial charge in [0.2, 0.25) is 0 Å². The van der Waals surface area contributed by atoms with Crippen molar-refractivity contribution in [1.29, 1.82) is 0 Å². The summed E-state index contributed by atoms with van der Waals surface area (Å²) in [7, 11) is 0. The van der Waals surface area contributed by atoms with Crippen molar-refractivity contribution in [3.63, 3.8) is 0 Å². The van der Waals surface area contributed by atoms with E-state index in [2.05, 4.69) is 35.0 Å². The highest BCUT2D eigenvalue weighted by Crippen LogP contribution is 2.30. The first-order valence-electron chi connectivity index (χ1n) is 8.26. The van der Waals surface area contributed by atoms with E-state index in [-0.39, 0.29) is 0 Å². The maximum atomic E-state index is 11.9. The van der Waals surface area contributed by atoms with Gasteiger partial charge < -0.3 is 9.67 Å². The van der Waals surface area contributed by atoms with E-state index < -0.39 is 11.5 Å². The lowest BCUT2D eigenvalue weighted by Crippen LogP contribution is -2.50. The van der Waals surface area contributed by atoms with Gasteiger partial charge in [-0.15, -0.1) is 0 Å². The van der Waals surface area contributed by atoms with Gasteiger partial charge in [-0.2, -0.15) is 0 Å². The number of carboxylic acid groups (broad SMARTS) is 1. The highest BCUT2D eigenvalue weighted by atomic mass is 16.4. The van der Waals surface area contributed by atoms with Crippen LogP contribution in [-0.4, -0.2) is 45.2 Å². The van der Waals surface area contributed by atoms with E-state index in [4.69, 9.17) is 0 Å². The molecule has 126 valence electrons. The third kappa shape index (κ3) is 3.41. The lowest BCUT2D eigenvalue weighted by molar-refractivity contribution is -0.150. The Hall–Kier alpha value is -2.40. The summed E-state index contributed by atoms with van der Waals surface area (Å²) in [6.45, 7) is 4.53. The van der Waals surface area contributed by atoms with Crippen LogP contribution in [0.3, 0.4) is 0 Å². The lowest BCUT2D eigenvalue weighted by atomic mass is 9.87. The summed E-state index contributed by atoms with van der Waals surface area (Å²) < 4.78 is 1.75. The van der Waals surface area contributed by atoms with Gasteiger partial charge in [0, 0.05) is 32.0 Å². The third-order valence-electron chi connectivity index (χ3n) is 4.77. The van der Waals surface area contributed by atoms with E-state index in [1.165, 1.54) is 11.1 Å². The molecule has 0 bridgehead atoms. The molecular formula is C19H23N3O2. The van der Waals surface area contributed by atoms with Crippen molar-refractivity contribution < 1.29 is 9.90 Å². The molecule has 1 aromatic carbocycles. The van der Waals surface area contributed by atoms with Crippen LogP contribution in [0, 0.1) is 0 Å². The monoisotopic (exact) mass is 325 g/mol. The molecule has 1 N–H and O–H groups in total. The molecule has 0 saturated carbocycles. The molecule has 0 atom stereocenters. The van der Waals surface area contributed by atoms with Gasteiger partial charge >= 0.3 is 5.97 Å². The number of hydrogen-bond donors (Lipinski definition) is 1. The highest BCUT2D eigenvalue weighted by Gasteiger charge is 2.42. The Morgan fingerprint density at radius 1 is 1.29 bits per heavy atom. The second-order valence-electron chi connectivity index (χ2n) is 6.48. The number of piperidine rings is 1. The first-order chi connectivity index (χ1) is 11.6. The van der Waals surface area contributed by atoms with Gasteiger partial charge in [0.1, 0.15) is 5.54 Å². The predicted octanol–water partition coefficient (Wildman–Crippen LogP) is 2.86. The van der Waals surface area contributed by atoms with Crippen LogP contribution in [0.25, 0.3) is 6.08 Å². The molecule has 5 nitrogen and oxygen atoms in total. The summed E-state index contributed by atoms with van der Waals surface area (Å²) in [4.78, 5) is 18.2. The number of nitrogens with zero attached hydrogens (tertiary/aromatic N) is 3. The predicted molar refractivity (Wildman–Crippen MR) is 93.6 cm³/mol. The van der Waals surface area contributed by atoms with Crippen LogP contribution >= 0.6 is 0 Å².